The minimum absolute atomic E-state index is 0.714. The lowest BCUT2D eigenvalue weighted by Crippen LogP contribution is -2.38. The molecule has 0 bridgehead atoms. The zero-order chi connectivity index (χ0) is 15.8. The van der Waals surface area contributed by atoms with Gasteiger partial charge in [-0.25, -0.2) is 12.8 Å². The highest BCUT2D eigenvalue weighted by Crippen LogP contribution is 2.28. The highest BCUT2D eigenvalue weighted by Gasteiger charge is 2.46. The van der Waals surface area contributed by atoms with Crippen molar-refractivity contribution in [1.29, 1.82) is 0 Å². The SMILES string of the molecule is CC=CC[S+]1CCCC1.CCC(F)C(F)(F)S(=O)(=O)[O-]. The van der Waals surface area contributed by atoms with Crippen LogP contribution in [-0.4, -0.2) is 41.7 Å². The highest BCUT2D eigenvalue weighted by atomic mass is 32.2. The summed E-state index contributed by atoms with van der Waals surface area (Å²) in [6.07, 6.45) is 3.82. The van der Waals surface area contributed by atoms with Crippen LogP contribution in [0.4, 0.5) is 13.2 Å². The first-order chi connectivity index (χ1) is 9.16. The molecule has 120 valence electrons. The van der Waals surface area contributed by atoms with Crippen LogP contribution in [0.3, 0.4) is 0 Å². The second-order valence-electron chi connectivity index (χ2n) is 4.36. The standard InChI is InChI=1S/C8H15S.C4H7F3O3S/c1-2-3-6-9-7-4-5-8-9;1-2-3(5)4(6,7)11(8,9)10/h2-3H,4-8H2,1H3;3H,2H2,1H3,(H,8,9,10)/q+1;/p-1. The molecule has 0 amide bonds. The molecule has 1 aliphatic heterocycles. The van der Waals surface area contributed by atoms with E-state index in [1.165, 1.54) is 30.1 Å². The van der Waals surface area contributed by atoms with Gasteiger partial charge in [0.2, 0.25) is 0 Å². The van der Waals surface area contributed by atoms with Crippen molar-refractivity contribution in [2.24, 2.45) is 0 Å². The summed E-state index contributed by atoms with van der Waals surface area (Å²) >= 11 is 0. The molecule has 0 aromatic carbocycles. The average Bonchev–Trinajstić information content (AvgIpc) is 2.87. The Balaban J connectivity index is 0.000000367. The molecule has 1 atom stereocenters. The van der Waals surface area contributed by atoms with E-state index in [1.807, 2.05) is 0 Å². The van der Waals surface area contributed by atoms with Gasteiger partial charge in [0, 0.05) is 0 Å². The van der Waals surface area contributed by atoms with E-state index in [0.29, 0.717) is 0 Å². The Labute approximate surface area is 121 Å². The maximum absolute atomic E-state index is 12.1. The largest absolute Gasteiger partial charge is 0.743 e. The van der Waals surface area contributed by atoms with Crippen molar-refractivity contribution in [3.8, 4) is 0 Å². The Morgan fingerprint density at radius 1 is 1.35 bits per heavy atom. The second-order valence-corrected chi connectivity index (χ2v) is 8.18. The summed E-state index contributed by atoms with van der Waals surface area (Å²) in [5, 5.41) is -4.80. The molecule has 3 nitrogen and oxygen atoms in total. The molecular weight excluding hydrogens is 313 g/mol. The van der Waals surface area contributed by atoms with Gasteiger partial charge in [-0.3, -0.25) is 0 Å². The Bertz CT molecular complexity index is 391. The Morgan fingerprint density at radius 3 is 2.15 bits per heavy atom. The van der Waals surface area contributed by atoms with E-state index in [0.717, 1.165) is 17.8 Å². The smallest absolute Gasteiger partial charge is 0.364 e. The third-order valence-electron chi connectivity index (χ3n) is 2.74. The van der Waals surface area contributed by atoms with Gasteiger partial charge in [-0.15, -0.1) is 0 Å². The number of alkyl halides is 3. The van der Waals surface area contributed by atoms with Crippen molar-refractivity contribution >= 4 is 21.0 Å². The fourth-order valence-corrected chi connectivity index (χ4v) is 4.21. The predicted molar refractivity (Wildman–Crippen MR) is 75.8 cm³/mol. The third-order valence-corrected chi connectivity index (χ3v) is 6.06. The lowest BCUT2D eigenvalue weighted by Gasteiger charge is -2.22. The molecule has 1 heterocycles. The van der Waals surface area contributed by atoms with E-state index in [2.05, 4.69) is 19.1 Å². The summed E-state index contributed by atoms with van der Waals surface area (Å²) in [5.41, 5.74) is 0. The number of hydrogen-bond acceptors (Lipinski definition) is 3. The predicted octanol–water partition coefficient (Wildman–Crippen LogP) is 2.85. The summed E-state index contributed by atoms with van der Waals surface area (Å²) in [6.45, 7) is 3.13. The molecule has 0 spiro atoms. The third kappa shape index (κ3) is 6.49. The van der Waals surface area contributed by atoms with Crippen LogP contribution >= 0.6 is 0 Å². The van der Waals surface area contributed by atoms with Gasteiger partial charge in [-0.2, -0.15) is 8.78 Å². The minimum atomic E-state index is -5.87. The molecule has 0 saturated carbocycles. The van der Waals surface area contributed by atoms with Crippen LogP contribution in [0.5, 0.6) is 0 Å². The molecule has 1 fully saturated rings. The van der Waals surface area contributed by atoms with Crippen LogP contribution in [-0.2, 0) is 21.0 Å². The van der Waals surface area contributed by atoms with Gasteiger partial charge in [0.25, 0.3) is 0 Å². The molecule has 1 unspecified atom stereocenters. The Morgan fingerprint density at radius 2 is 1.85 bits per heavy atom. The Kier molecular flexibility index (Phi) is 8.85. The summed E-state index contributed by atoms with van der Waals surface area (Å²) in [6, 6.07) is 0. The van der Waals surface area contributed by atoms with Gasteiger partial charge in [0.1, 0.15) is 17.3 Å². The van der Waals surface area contributed by atoms with E-state index < -0.39 is 28.0 Å². The molecule has 0 aromatic rings. The van der Waals surface area contributed by atoms with Gasteiger partial charge >= 0.3 is 5.25 Å². The topological polar surface area (TPSA) is 57.2 Å². The molecule has 0 aliphatic carbocycles. The van der Waals surface area contributed by atoms with Crippen LogP contribution in [0.1, 0.15) is 33.1 Å². The fourth-order valence-electron chi connectivity index (χ4n) is 1.51. The summed E-state index contributed by atoms with van der Waals surface area (Å²) < 4.78 is 65.3. The van der Waals surface area contributed by atoms with Gasteiger partial charge < -0.3 is 4.55 Å². The molecule has 1 rings (SSSR count). The van der Waals surface area contributed by atoms with Crippen molar-refractivity contribution in [3.05, 3.63) is 12.2 Å². The molecule has 0 radical (unpaired) electrons. The fraction of sp³-hybridized carbons (Fsp3) is 0.833. The lowest BCUT2D eigenvalue weighted by atomic mass is 10.3. The normalized spacial score (nSPS) is 18.9. The monoisotopic (exact) mass is 334 g/mol. The van der Waals surface area contributed by atoms with Crippen molar-refractivity contribution in [2.45, 2.75) is 44.5 Å². The Hall–Kier alpha value is -0.210. The molecule has 20 heavy (non-hydrogen) atoms. The zero-order valence-corrected chi connectivity index (χ0v) is 13.3. The quantitative estimate of drug-likeness (QED) is 0.441. The van der Waals surface area contributed by atoms with E-state index in [4.69, 9.17) is 0 Å². The van der Waals surface area contributed by atoms with Gasteiger partial charge in [-0.1, -0.05) is 13.0 Å². The maximum Gasteiger partial charge on any atom is 0.364 e. The van der Waals surface area contributed by atoms with Crippen LogP contribution in [0.25, 0.3) is 0 Å². The molecular formula is C12H21F3O3S2. The van der Waals surface area contributed by atoms with E-state index in [9.17, 15) is 26.1 Å². The second kappa shape index (κ2) is 8.94. The summed E-state index contributed by atoms with van der Waals surface area (Å²) in [5.74, 6) is 4.37. The number of allylic oxidation sites excluding steroid dienone is 1. The minimum Gasteiger partial charge on any atom is -0.743 e. The van der Waals surface area contributed by atoms with E-state index >= 15 is 0 Å². The molecule has 8 heteroatoms. The van der Waals surface area contributed by atoms with E-state index in [1.54, 1.807) is 0 Å². The van der Waals surface area contributed by atoms with Crippen molar-refractivity contribution < 1.29 is 26.1 Å². The van der Waals surface area contributed by atoms with Crippen molar-refractivity contribution in [2.75, 3.05) is 17.3 Å². The van der Waals surface area contributed by atoms with Crippen molar-refractivity contribution in [1.82, 2.24) is 0 Å². The molecule has 0 N–H and O–H groups in total. The number of halogens is 3. The molecule has 0 aromatic heterocycles. The average molecular weight is 334 g/mol. The molecule has 1 saturated heterocycles. The van der Waals surface area contributed by atoms with Gasteiger partial charge in [0.15, 0.2) is 16.3 Å². The first-order valence-electron chi connectivity index (χ1n) is 6.39. The summed E-state index contributed by atoms with van der Waals surface area (Å²) in [4.78, 5) is 0. The lowest BCUT2D eigenvalue weighted by molar-refractivity contribution is -0.00466. The number of rotatable bonds is 5. The van der Waals surface area contributed by atoms with Gasteiger partial charge in [-0.05, 0) is 43.2 Å². The zero-order valence-electron chi connectivity index (χ0n) is 11.6. The first-order valence-corrected chi connectivity index (χ1v) is 9.53. The van der Waals surface area contributed by atoms with E-state index in [-0.39, 0.29) is 0 Å². The highest BCUT2D eigenvalue weighted by molar-refractivity contribution is 7.97. The van der Waals surface area contributed by atoms with Crippen LogP contribution in [0, 0.1) is 0 Å². The van der Waals surface area contributed by atoms with Crippen LogP contribution < -0.4 is 0 Å². The van der Waals surface area contributed by atoms with Crippen molar-refractivity contribution in [3.63, 3.8) is 0 Å². The number of hydrogen-bond donors (Lipinski definition) is 0. The first kappa shape index (κ1) is 19.8. The van der Waals surface area contributed by atoms with Crippen LogP contribution in [0.2, 0.25) is 0 Å². The summed E-state index contributed by atoms with van der Waals surface area (Å²) in [7, 11) is -5.09. The maximum atomic E-state index is 12.1. The van der Waals surface area contributed by atoms with Gasteiger partial charge in [0.05, 0.1) is 0 Å². The van der Waals surface area contributed by atoms with Crippen LogP contribution in [0.15, 0.2) is 12.2 Å². The molecule has 1 aliphatic rings.